The molecule has 0 radical (unpaired) electrons. The van der Waals surface area contributed by atoms with Crippen LogP contribution in [0.25, 0.3) is 0 Å². The maximum Gasteiger partial charge on any atom is 0.270 e. The zero-order valence-corrected chi connectivity index (χ0v) is 19.3. The summed E-state index contributed by atoms with van der Waals surface area (Å²) in [6.07, 6.45) is 1.13. The molecule has 0 bridgehead atoms. The van der Waals surface area contributed by atoms with Crippen molar-refractivity contribution >= 4 is 48.5 Å². The lowest BCUT2D eigenvalue weighted by atomic mass is 10.1. The SMILES string of the molecule is Cc1ccc(CN2c3ccsc3C(=O)C(=CNc3ccc(S(N)(=O)=O)cc3)S2(=O)=O)cc1. The molecule has 0 amide bonds. The van der Waals surface area contributed by atoms with Crippen molar-refractivity contribution in [2.75, 3.05) is 9.62 Å². The molecule has 3 aromatic rings. The number of nitrogens with zero attached hydrogens (tertiary/aromatic N) is 1. The van der Waals surface area contributed by atoms with Crippen molar-refractivity contribution in [1.29, 1.82) is 0 Å². The van der Waals surface area contributed by atoms with Crippen LogP contribution >= 0.6 is 11.3 Å². The van der Waals surface area contributed by atoms with E-state index in [-0.39, 0.29) is 11.4 Å². The van der Waals surface area contributed by atoms with Crippen LogP contribution in [-0.2, 0) is 26.6 Å². The second-order valence-electron chi connectivity index (χ2n) is 7.18. The number of ketones is 1. The van der Waals surface area contributed by atoms with Crippen LogP contribution < -0.4 is 14.8 Å². The minimum atomic E-state index is -4.13. The predicted molar refractivity (Wildman–Crippen MR) is 124 cm³/mol. The van der Waals surface area contributed by atoms with E-state index in [1.165, 1.54) is 39.9 Å². The summed E-state index contributed by atoms with van der Waals surface area (Å²) in [5.41, 5.74) is 2.60. The average molecular weight is 490 g/mol. The van der Waals surface area contributed by atoms with E-state index >= 15 is 0 Å². The highest BCUT2D eigenvalue weighted by atomic mass is 32.2. The number of carbonyl (C=O) groups is 1. The van der Waals surface area contributed by atoms with Gasteiger partial charge in [0, 0.05) is 11.9 Å². The third-order valence-corrected chi connectivity index (χ3v) is 8.51. The monoisotopic (exact) mass is 489 g/mol. The average Bonchev–Trinajstić information content (AvgIpc) is 3.22. The summed E-state index contributed by atoms with van der Waals surface area (Å²) in [6.45, 7) is 2.03. The largest absolute Gasteiger partial charge is 0.360 e. The van der Waals surface area contributed by atoms with Crippen LogP contribution in [0.2, 0.25) is 0 Å². The number of nitrogens with one attached hydrogen (secondary N) is 1. The van der Waals surface area contributed by atoms with E-state index in [2.05, 4.69) is 5.32 Å². The zero-order valence-electron chi connectivity index (χ0n) is 16.8. The first kappa shape index (κ1) is 22.2. The Morgan fingerprint density at radius 1 is 1.06 bits per heavy atom. The number of hydrogen-bond donors (Lipinski definition) is 2. The number of primary sulfonamides is 1. The van der Waals surface area contributed by atoms with Crippen molar-refractivity contribution in [2.45, 2.75) is 18.4 Å². The number of thiophene rings is 1. The summed E-state index contributed by atoms with van der Waals surface area (Å²) in [7, 11) is -7.98. The van der Waals surface area contributed by atoms with Crippen LogP contribution in [0.4, 0.5) is 11.4 Å². The number of anilines is 2. The normalized spacial score (nSPS) is 16.8. The number of nitrogens with two attached hydrogens (primary N) is 1. The third kappa shape index (κ3) is 4.19. The van der Waals surface area contributed by atoms with Gasteiger partial charge in [-0.3, -0.25) is 9.10 Å². The third-order valence-electron chi connectivity index (χ3n) is 4.91. The highest BCUT2D eigenvalue weighted by molar-refractivity contribution is 7.97. The second kappa shape index (κ2) is 8.17. The molecule has 166 valence electrons. The summed E-state index contributed by atoms with van der Waals surface area (Å²) in [6, 6.07) is 14.5. The van der Waals surface area contributed by atoms with Crippen molar-refractivity contribution in [3.8, 4) is 0 Å². The lowest BCUT2D eigenvalue weighted by Crippen LogP contribution is -2.38. The standard InChI is InChI=1S/C21H19N3O5S3/c1-14-2-4-15(5-3-14)13-24-18-10-11-30-21(18)20(25)19(32(24,28)29)12-23-16-6-8-17(9-7-16)31(22,26)27/h2-12,23H,13H2,1H3,(H2,22,26,27). The van der Waals surface area contributed by atoms with Crippen molar-refractivity contribution in [3.63, 3.8) is 0 Å². The molecule has 1 aromatic heterocycles. The topological polar surface area (TPSA) is 127 Å². The van der Waals surface area contributed by atoms with Crippen LogP contribution in [0.3, 0.4) is 0 Å². The molecule has 32 heavy (non-hydrogen) atoms. The Morgan fingerprint density at radius 3 is 2.34 bits per heavy atom. The molecule has 1 aliphatic rings. The summed E-state index contributed by atoms with van der Waals surface area (Å²) in [4.78, 5) is 12.8. The van der Waals surface area contributed by atoms with E-state index in [1.54, 1.807) is 11.4 Å². The quantitative estimate of drug-likeness (QED) is 0.530. The maximum atomic E-state index is 13.4. The van der Waals surface area contributed by atoms with Gasteiger partial charge < -0.3 is 5.32 Å². The molecule has 0 fully saturated rings. The van der Waals surface area contributed by atoms with Crippen LogP contribution in [0.5, 0.6) is 0 Å². The fraction of sp³-hybridized carbons (Fsp3) is 0.0952. The van der Waals surface area contributed by atoms with Crippen molar-refractivity contribution < 1.29 is 21.6 Å². The molecule has 0 aliphatic carbocycles. The molecule has 4 rings (SSSR count). The summed E-state index contributed by atoms with van der Waals surface area (Å²) in [5, 5.41) is 9.54. The Labute approximate surface area is 190 Å². The summed E-state index contributed by atoms with van der Waals surface area (Å²) in [5.74, 6) is -0.594. The molecule has 2 aromatic carbocycles. The van der Waals surface area contributed by atoms with E-state index in [0.717, 1.165) is 17.3 Å². The van der Waals surface area contributed by atoms with Gasteiger partial charge in [-0.1, -0.05) is 29.8 Å². The minimum absolute atomic E-state index is 0.0791. The van der Waals surface area contributed by atoms with Gasteiger partial charge in [0.1, 0.15) is 4.88 Å². The van der Waals surface area contributed by atoms with E-state index in [1.807, 2.05) is 31.2 Å². The van der Waals surface area contributed by atoms with Gasteiger partial charge >= 0.3 is 0 Å². The summed E-state index contributed by atoms with van der Waals surface area (Å²) >= 11 is 1.18. The number of aryl methyl sites for hydroxylation is 1. The first-order valence-electron chi connectivity index (χ1n) is 9.37. The fourth-order valence-corrected chi connectivity index (χ4v) is 6.20. The first-order chi connectivity index (χ1) is 15.1. The van der Waals surface area contributed by atoms with E-state index < -0.39 is 30.7 Å². The van der Waals surface area contributed by atoms with Gasteiger partial charge in [0.25, 0.3) is 10.0 Å². The fourth-order valence-electron chi connectivity index (χ4n) is 3.21. The van der Waals surface area contributed by atoms with Gasteiger partial charge in [-0.2, -0.15) is 0 Å². The highest BCUT2D eigenvalue weighted by Crippen LogP contribution is 2.39. The lowest BCUT2D eigenvalue weighted by Gasteiger charge is -2.29. The van der Waals surface area contributed by atoms with Gasteiger partial charge in [-0.05, 0) is 48.2 Å². The van der Waals surface area contributed by atoms with Crippen LogP contribution in [0, 0.1) is 6.92 Å². The molecule has 3 N–H and O–H groups in total. The van der Waals surface area contributed by atoms with Gasteiger partial charge in [0.05, 0.1) is 17.1 Å². The predicted octanol–water partition coefficient (Wildman–Crippen LogP) is 3.19. The Kier molecular flexibility index (Phi) is 5.67. The number of fused-ring (bicyclic) bond motifs is 1. The second-order valence-corrected chi connectivity index (χ2v) is 11.5. The van der Waals surface area contributed by atoms with Crippen molar-refractivity contribution in [3.05, 3.63) is 87.1 Å². The number of rotatable bonds is 5. The molecule has 8 nitrogen and oxygen atoms in total. The van der Waals surface area contributed by atoms with Gasteiger partial charge in [-0.25, -0.2) is 22.0 Å². The molecule has 2 heterocycles. The Bertz CT molecular complexity index is 1420. The molecule has 11 heteroatoms. The molecule has 0 unspecified atom stereocenters. The number of sulfonamides is 2. The van der Waals surface area contributed by atoms with E-state index in [4.69, 9.17) is 5.14 Å². The Morgan fingerprint density at radius 2 is 1.72 bits per heavy atom. The van der Waals surface area contributed by atoms with Crippen molar-refractivity contribution in [2.24, 2.45) is 5.14 Å². The number of allylic oxidation sites excluding steroid dienone is 1. The molecular formula is C21H19N3O5S3. The minimum Gasteiger partial charge on any atom is -0.360 e. The molecule has 1 aliphatic heterocycles. The number of carbonyl (C=O) groups excluding carboxylic acids is 1. The van der Waals surface area contributed by atoms with Gasteiger partial charge in [0.15, 0.2) is 4.91 Å². The first-order valence-corrected chi connectivity index (χ1v) is 13.2. The zero-order chi connectivity index (χ0) is 23.1. The Balaban J connectivity index is 1.69. The van der Waals surface area contributed by atoms with E-state index in [9.17, 15) is 21.6 Å². The number of hydrogen-bond acceptors (Lipinski definition) is 7. The van der Waals surface area contributed by atoms with Crippen LogP contribution in [0.1, 0.15) is 20.8 Å². The molecule has 0 saturated carbocycles. The smallest absolute Gasteiger partial charge is 0.270 e. The number of benzene rings is 2. The highest BCUT2D eigenvalue weighted by Gasteiger charge is 2.41. The molecule has 0 atom stereocenters. The van der Waals surface area contributed by atoms with Gasteiger partial charge in [-0.15, -0.1) is 11.3 Å². The van der Waals surface area contributed by atoms with Crippen LogP contribution in [0.15, 0.2) is 76.0 Å². The van der Waals surface area contributed by atoms with Crippen LogP contribution in [-0.4, -0.2) is 22.6 Å². The molecule has 0 spiro atoms. The lowest BCUT2D eigenvalue weighted by molar-refractivity contribution is 0.104. The Hall–Kier alpha value is -2.99. The maximum absolute atomic E-state index is 13.4. The van der Waals surface area contributed by atoms with E-state index in [0.29, 0.717) is 16.3 Å². The number of Topliss-reactive ketones (excluding diaryl/α,β-unsaturated/α-hetero) is 1. The van der Waals surface area contributed by atoms with Gasteiger partial charge in [0.2, 0.25) is 15.8 Å². The molecule has 0 saturated heterocycles. The molecular weight excluding hydrogens is 470 g/mol. The van der Waals surface area contributed by atoms with Crippen molar-refractivity contribution in [1.82, 2.24) is 0 Å². The summed E-state index contributed by atoms with van der Waals surface area (Å²) < 4.78 is 50.7.